The molecule has 0 radical (unpaired) electrons. The van der Waals surface area contributed by atoms with E-state index in [0.717, 1.165) is 12.8 Å². The van der Waals surface area contributed by atoms with Crippen molar-refractivity contribution in [3.8, 4) is 0 Å². The van der Waals surface area contributed by atoms with E-state index in [1.807, 2.05) is 0 Å². The van der Waals surface area contributed by atoms with Gasteiger partial charge in [-0.05, 0) is 39.5 Å². The van der Waals surface area contributed by atoms with Crippen LogP contribution in [0.4, 0.5) is 0 Å². The van der Waals surface area contributed by atoms with Gasteiger partial charge in [0.05, 0.1) is 12.2 Å². The van der Waals surface area contributed by atoms with Gasteiger partial charge in [0.1, 0.15) is 0 Å². The molecule has 0 saturated carbocycles. The van der Waals surface area contributed by atoms with Crippen molar-refractivity contribution in [2.45, 2.75) is 83.2 Å². The largest absolute Gasteiger partial charge is 0.347 e. The molecular weight excluding hydrogens is 188 g/mol. The van der Waals surface area contributed by atoms with Crippen molar-refractivity contribution in [3.63, 3.8) is 0 Å². The lowest BCUT2D eigenvalue weighted by molar-refractivity contribution is -0.271. The van der Waals surface area contributed by atoms with E-state index < -0.39 is 0 Å². The fourth-order valence-corrected chi connectivity index (χ4v) is 2.89. The number of hydrogen-bond acceptors (Lipinski definition) is 2. The minimum atomic E-state index is -0.230. The van der Waals surface area contributed by atoms with Crippen molar-refractivity contribution >= 4 is 0 Å². The minimum Gasteiger partial charge on any atom is -0.347 e. The Bertz CT molecular complexity index is 181. The zero-order valence-electron chi connectivity index (χ0n) is 10.1. The molecule has 2 saturated heterocycles. The van der Waals surface area contributed by atoms with Crippen molar-refractivity contribution in [1.82, 2.24) is 0 Å². The predicted octanol–water partition coefficient (Wildman–Crippen LogP) is 3.64. The standard InChI is InChI=1S/C13H24O2/c1-11-7-3-5-9-13(14-11)10-6-4-8-12(2)15-13/h11-12H,3-10H2,1-2H3. The fourth-order valence-electron chi connectivity index (χ4n) is 2.89. The fraction of sp³-hybridized carbons (Fsp3) is 1.00. The lowest BCUT2D eigenvalue weighted by Crippen LogP contribution is -2.39. The average Bonchev–Trinajstić information content (AvgIpc) is 2.45. The van der Waals surface area contributed by atoms with E-state index in [4.69, 9.17) is 9.47 Å². The van der Waals surface area contributed by atoms with Crippen LogP contribution < -0.4 is 0 Å². The summed E-state index contributed by atoms with van der Waals surface area (Å²) < 4.78 is 12.3. The summed E-state index contributed by atoms with van der Waals surface area (Å²) in [6.45, 7) is 4.37. The van der Waals surface area contributed by atoms with Crippen LogP contribution >= 0.6 is 0 Å². The third-order valence-corrected chi connectivity index (χ3v) is 3.67. The summed E-state index contributed by atoms with van der Waals surface area (Å²) in [6.07, 6.45) is 10.4. The zero-order chi connectivity index (χ0) is 10.7. The van der Waals surface area contributed by atoms with Gasteiger partial charge in [0.15, 0.2) is 5.79 Å². The lowest BCUT2D eigenvalue weighted by Gasteiger charge is -2.35. The SMILES string of the molecule is CC1CCCCC2(CCCCC(C)O2)O1. The highest BCUT2D eigenvalue weighted by atomic mass is 16.7. The molecular formula is C13H24O2. The van der Waals surface area contributed by atoms with Gasteiger partial charge in [-0.25, -0.2) is 0 Å². The maximum atomic E-state index is 6.17. The van der Waals surface area contributed by atoms with Gasteiger partial charge in [-0.1, -0.05) is 12.8 Å². The number of hydrogen-bond donors (Lipinski definition) is 0. The quantitative estimate of drug-likeness (QED) is 0.610. The lowest BCUT2D eigenvalue weighted by atomic mass is 10.0. The van der Waals surface area contributed by atoms with Crippen LogP contribution in [0.2, 0.25) is 0 Å². The van der Waals surface area contributed by atoms with Crippen LogP contribution in [0, 0.1) is 0 Å². The summed E-state index contributed by atoms with van der Waals surface area (Å²) in [7, 11) is 0. The first-order valence-electron chi connectivity index (χ1n) is 6.56. The second kappa shape index (κ2) is 4.84. The highest BCUT2D eigenvalue weighted by Gasteiger charge is 2.37. The molecule has 0 aromatic heterocycles. The second-order valence-electron chi connectivity index (χ2n) is 5.26. The van der Waals surface area contributed by atoms with Crippen LogP contribution in [0.15, 0.2) is 0 Å². The molecule has 15 heavy (non-hydrogen) atoms. The monoisotopic (exact) mass is 212 g/mol. The van der Waals surface area contributed by atoms with Gasteiger partial charge in [0, 0.05) is 12.8 Å². The van der Waals surface area contributed by atoms with Gasteiger partial charge < -0.3 is 9.47 Å². The van der Waals surface area contributed by atoms with E-state index in [0.29, 0.717) is 12.2 Å². The Hall–Kier alpha value is -0.0800. The summed E-state index contributed by atoms with van der Waals surface area (Å²) in [5, 5.41) is 0. The highest BCUT2D eigenvalue weighted by molar-refractivity contribution is 4.79. The molecule has 0 aliphatic carbocycles. The highest BCUT2D eigenvalue weighted by Crippen LogP contribution is 2.36. The summed E-state index contributed by atoms with van der Waals surface area (Å²) >= 11 is 0. The Morgan fingerprint density at radius 2 is 1.27 bits per heavy atom. The van der Waals surface area contributed by atoms with Crippen molar-refractivity contribution in [2.75, 3.05) is 0 Å². The molecule has 0 bridgehead atoms. The summed E-state index contributed by atoms with van der Waals surface area (Å²) in [6, 6.07) is 0. The van der Waals surface area contributed by atoms with E-state index in [1.165, 1.54) is 38.5 Å². The average molecular weight is 212 g/mol. The normalized spacial score (nSPS) is 43.6. The van der Waals surface area contributed by atoms with Gasteiger partial charge in [0.2, 0.25) is 0 Å². The molecule has 2 heteroatoms. The third-order valence-electron chi connectivity index (χ3n) is 3.67. The number of ether oxygens (including phenoxy) is 2. The van der Waals surface area contributed by atoms with Gasteiger partial charge in [-0.15, -0.1) is 0 Å². The molecule has 2 atom stereocenters. The third kappa shape index (κ3) is 2.94. The van der Waals surface area contributed by atoms with Gasteiger partial charge >= 0.3 is 0 Å². The van der Waals surface area contributed by atoms with Gasteiger partial charge in [0.25, 0.3) is 0 Å². The van der Waals surface area contributed by atoms with Crippen molar-refractivity contribution in [1.29, 1.82) is 0 Å². The molecule has 2 aliphatic rings. The smallest absolute Gasteiger partial charge is 0.168 e. The van der Waals surface area contributed by atoms with E-state index in [-0.39, 0.29) is 5.79 Å². The van der Waals surface area contributed by atoms with Crippen molar-refractivity contribution < 1.29 is 9.47 Å². The minimum absolute atomic E-state index is 0.230. The Kier molecular flexibility index (Phi) is 3.68. The van der Waals surface area contributed by atoms with Crippen LogP contribution in [-0.4, -0.2) is 18.0 Å². The van der Waals surface area contributed by atoms with Crippen LogP contribution in [0.25, 0.3) is 0 Å². The first-order valence-corrected chi connectivity index (χ1v) is 6.56. The first-order chi connectivity index (χ1) is 7.20. The van der Waals surface area contributed by atoms with Crippen molar-refractivity contribution in [3.05, 3.63) is 0 Å². The Balaban J connectivity index is 2.06. The summed E-state index contributed by atoms with van der Waals surface area (Å²) in [5.74, 6) is -0.230. The summed E-state index contributed by atoms with van der Waals surface area (Å²) in [5.41, 5.74) is 0. The van der Waals surface area contributed by atoms with Crippen LogP contribution in [0.3, 0.4) is 0 Å². The van der Waals surface area contributed by atoms with Gasteiger partial charge in [-0.2, -0.15) is 0 Å². The predicted molar refractivity (Wildman–Crippen MR) is 60.8 cm³/mol. The van der Waals surface area contributed by atoms with Crippen molar-refractivity contribution in [2.24, 2.45) is 0 Å². The van der Waals surface area contributed by atoms with E-state index in [2.05, 4.69) is 13.8 Å². The first kappa shape index (κ1) is 11.4. The molecule has 2 aliphatic heterocycles. The summed E-state index contributed by atoms with van der Waals surface area (Å²) in [4.78, 5) is 0. The van der Waals surface area contributed by atoms with E-state index in [1.54, 1.807) is 0 Å². The molecule has 1 spiro atoms. The zero-order valence-corrected chi connectivity index (χ0v) is 10.1. The van der Waals surface area contributed by atoms with E-state index in [9.17, 15) is 0 Å². The van der Waals surface area contributed by atoms with Crippen LogP contribution in [-0.2, 0) is 9.47 Å². The Labute approximate surface area is 93.3 Å². The molecule has 0 amide bonds. The molecule has 2 fully saturated rings. The molecule has 0 N–H and O–H groups in total. The molecule has 0 aromatic carbocycles. The maximum absolute atomic E-state index is 6.17. The molecule has 2 unspecified atom stereocenters. The molecule has 2 nitrogen and oxygen atoms in total. The second-order valence-corrected chi connectivity index (χ2v) is 5.26. The Morgan fingerprint density at radius 1 is 0.800 bits per heavy atom. The molecule has 0 aromatic rings. The maximum Gasteiger partial charge on any atom is 0.168 e. The van der Waals surface area contributed by atoms with Gasteiger partial charge in [-0.3, -0.25) is 0 Å². The van der Waals surface area contributed by atoms with Crippen LogP contribution in [0.5, 0.6) is 0 Å². The molecule has 2 heterocycles. The molecule has 88 valence electrons. The number of rotatable bonds is 0. The van der Waals surface area contributed by atoms with Crippen LogP contribution in [0.1, 0.15) is 65.2 Å². The Morgan fingerprint density at radius 3 is 1.73 bits per heavy atom. The van der Waals surface area contributed by atoms with E-state index >= 15 is 0 Å². The topological polar surface area (TPSA) is 18.5 Å². The molecule has 2 rings (SSSR count).